The third kappa shape index (κ3) is 4.02. The minimum atomic E-state index is -0.731. The third-order valence-electron chi connectivity index (χ3n) is 5.02. The Morgan fingerprint density at radius 1 is 1.00 bits per heavy atom. The average Bonchev–Trinajstić information content (AvgIpc) is 3.20. The molecule has 3 heterocycles. The molecule has 1 aromatic carbocycles. The van der Waals surface area contributed by atoms with Gasteiger partial charge in [-0.05, 0) is 27.7 Å². The van der Waals surface area contributed by atoms with Crippen molar-refractivity contribution < 1.29 is 28.4 Å². The average molecular weight is 377 g/mol. The van der Waals surface area contributed by atoms with Gasteiger partial charge in [-0.1, -0.05) is 30.3 Å². The Hall–Kier alpha value is -1.51. The highest BCUT2D eigenvalue weighted by Crippen LogP contribution is 2.41. The SMILES string of the molecule is CC1(C)O[C@@H]2[C@H](O1)[C@H](/C=[N+](\[O-])Cc1ccccc1)O[C@@H]2[C@H]1COC(C)(C)O1. The minimum absolute atomic E-state index is 0.253. The molecule has 3 fully saturated rings. The molecule has 3 aliphatic heterocycles. The fourth-order valence-electron chi connectivity index (χ4n) is 3.94. The summed E-state index contributed by atoms with van der Waals surface area (Å²) in [7, 11) is 0. The molecule has 148 valence electrons. The predicted molar refractivity (Wildman–Crippen MR) is 97.2 cm³/mol. The molecule has 0 N–H and O–H groups in total. The summed E-state index contributed by atoms with van der Waals surface area (Å²) in [5.41, 5.74) is 0.938. The second kappa shape index (κ2) is 6.83. The standard InChI is InChI=1S/C20H27NO6/c1-19(2)23-12-15(25-19)16-18-17(26-20(3,4)27-18)14(24-16)11-21(22)10-13-8-6-5-7-9-13/h5-9,11,14-18H,10,12H2,1-4H3/b21-11-/t14-,15+,16+,17+,18-/m0/s1. The van der Waals surface area contributed by atoms with Crippen LogP contribution in [0.1, 0.15) is 33.3 Å². The highest BCUT2D eigenvalue weighted by atomic mass is 16.8. The number of fused-ring (bicyclic) bond motifs is 1. The molecule has 7 nitrogen and oxygen atoms in total. The first-order chi connectivity index (χ1) is 12.7. The van der Waals surface area contributed by atoms with Crippen molar-refractivity contribution in [2.45, 2.75) is 76.3 Å². The van der Waals surface area contributed by atoms with Crippen LogP contribution < -0.4 is 0 Å². The first kappa shape index (κ1) is 18.8. The van der Waals surface area contributed by atoms with Gasteiger partial charge in [0, 0.05) is 5.56 Å². The van der Waals surface area contributed by atoms with E-state index in [9.17, 15) is 5.21 Å². The second-order valence-electron chi connectivity index (χ2n) is 8.21. The van der Waals surface area contributed by atoms with Crippen molar-refractivity contribution in [1.82, 2.24) is 0 Å². The lowest BCUT2D eigenvalue weighted by Gasteiger charge is -2.26. The largest absolute Gasteiger partial charge is 0.624 e. The highest BCUT2D eigenvalue weighted by molar-refractivity contribution is 5.60. The number of rotatable bonds is 4. The van der Waals surface area contributed by atoms with Gasteiger partial charge in [0.1, 0.15) is 24.4 Å². The summed E-state index contributed by atoms with van der Waals surface area (Å²) in [5.74, 6) is -1.39. The molecule has 27 heavy (non-hydrogen) atoms. The van der Waals surface area contributed by atoms with Crippen molar-refractivity contribution in [1.29, 1.82) is 0 Å². The lowest BCUT2D eigenvalue weighted by atomic mass is 10.0. The van der Waals surface area contributed by atoms with E-state index in [1.165, 1.54) is 6.21 Å². The van der Waals surface area contributed by atoms with Gasteiger partial charge in [0.2, 0.25) is 0 Å². The minimum Gasteiger partial charge on any atom is -0.624 e. The fraction of sp³-hybridized carbons (Fsp3) is 0.650. The van der Waals surface area contributed by atoms with Crippen molar-refractivity contribution in [3.05, 3.63) is 41.1 Å². The van der Waals surface area contributed by atoms with Gasteiger partial charge in [-0.3, -0.25) is 0 Å². The molecule has 0 unspecified atom stereocenters. The van der Waals surface area contributed by atoms with Crippen molar-refractivity contribution in [2.75, 3.05) is 6.61 Å². The van der Waals surface area contributed by atoms with E-state index in [1.54, 1.807) is 0 Å². The molecule has 0 spiro atoms. The van der Waals surface area contributed by atoms with Gasteiger partial charge < -0.3 is 28.9 Å². The summed E-state index contributed by atoms with van der Waals surface area (Å²) in [5, 5.41) is 12.5. The van der Waals surface area contributed by atoms with Crippen molar-refractivity contribution in [3.63, 3.8) is 0 Å². The molecule has 0 aliphatic carbocycles. The van der Waals surface area contributed by atoms with E-state index in [-0.39, 0.29) is 31.0 Å². The summed E-state index contributed by atoms with van der Waals surface area (Å²) in [4.78, 5) is 0. The molecule has 0 aromatic heterocycles. The van der Waals surface area contributed by atoms with E-state index in [0.717, 1.165) is 10.3 Å². The number of ether oxygens (including phenoxy) is 5. The zero-order chi connectivity index (χ0) is 19.2. The molecule has 0 saturated carbocycles. The van der Waals surface area contributed by atoms with Crippen molar-refractivity contribution in [2.24, 2.45) is 0 Å². The summed E-state index contributed by atoms with van der Waals surface area (Å²) in [6.45, 7) is 8.16. The Morgan fingerprint density at radius 2 is 1.70 bits per heavy atom. The van der Waals surface area contributed by atoms with E-state index in [1.807, 2.05) is 58.0 Å². The quantitative estimate of drug-likeness (QED) is 0.347. The molecule has 7 heteroatoms. The Balaban J connectivity index is 1.52. The van der Waals surface area contributed by atoms with Crippen LogP contribution in [0.3, 0.4) is 0 Å². The van der Waals surface area contributed by atoms with Gasteiger partial charge >= 0.3 is 0 Å². The van der Waals surface area contributed by atoms with Crippen LogP contribution >= 0.6 is 0 Å². The van der Waals surface area contributed by atoms with E-state index < -0.39 is 17.7 Å². The maximum Gasteiger partial charge on any atom is 0.183 e. The van der Waals surface area contributed by atoms with Gasteiger partial charge in [0.15, 0.2) is 30.4 Å². The smallest absolute Gasteiger partial charge is 0.183 e. The summed E-state index contributed by atoms with van der Waals surface area (Å²) in [6.07, 6.45) is -0.257. The van der Waals surface area contributed by atoms with Crippen LogP contribution in [0.5, 0.6) is 0 Å². The number of nitrogens with zero attached hydrogens (tertiary/aromatic N) is 1. The maximum absolute atomic E-state index is 12.5. The van der Waals surface area contributed by atoms with Crippen LogP contribution in [-0.2, 0) is 30.2 Å². The van der Waals surface area contributed by atoms with Gasteiger partial charge in [-0.25, -0.2) is 4.74 Å². The van der Waals surface area contributed by atoms with Crippen LogP contribution in [0.4, 0.5) is 0 Å². The van der Waals surface area contributed by atoms with Crippen LogP contribution in [0.15, 0.2) is 30.3 Å². The molecule has 0 bridgehead atoms. The Bertz CT molecular complexity index is 704. The summed E-state index contributed by atoms with van der Waals surface area (Å²) >= 11 is 0. The molecule has 0 radical (unpaired) electrons. The first-order valence-electron chi connectivity index (χ1n) is 9.38. The lowest BCUT2D eigenvalue weighted by Crippen LogP contribution is -2.40. The Morgan fingerprint density at radius 3 is 2.37 bits per heavy atom. The van der Waals surface area contributed by atoms with Gasteiger partial charge in [0.25, 0.3) is 0 Å². The normalized spacial score (nSPS) is 37.5. The van der Waals surface area contributed by atoms with Crippen molar-refractivity contribution >= 4 is 6.21 Å². The lowest BCUT2D eigenvalue weighted by molar-refractivity contribution is -0.473. The van der Waals surface area contributed by atoms with E-state index in [0.29, 0.717) is 6.61 Å². The zero-order valence-corrected chi connectivity index (χ0v) is 16.2. The summed E-state index contributed by atoms with van der Waals surface area (Å²) < 4.78 is 30.8. The molecule has 5 atom stereocenters. The molecular formula is C20H27NO6. The second-order valence-corrected chi connectivity index (χ2v) is 8.21. The van der Waals surface area contributed by atoms with Crippen molar-refractivity contribution in [3.8, 4) is 0 Å². The van der Waals surface area contributed by atoms with Crippen LogP contribution in [0.25, 0.3) is 0 Å². The highest BCUT2D eigenvalue weighted by Gasteiger charge is 2.59. The molecule has 0 amide bonds. The first-order valence-corrected chi connectivity index (χ1v) is 9.38. The molecule has 4 rings (SSSR count). The number of hydrogen-bond donors (Lipinski definition) is 0. The molecular weight excluding hydrogens is 350 g/mol. The Labute approximate surface area is 159 Å². The fourth-order valence-corrected chi connectivity index (χ4v) is 3.94. The topological polar surface area (TPSA) is 72.2 Å². The third-order valence-corrected chi connectivity index (χ3v) is 5.02. The zero-order valence-electron chi connectivity index (χ0n) is 16.2. The van der Waals surface area contributed by atoms with Crippen LogP contribution in [0, 0.1) is 5.21 Å². The van der Waals surface area contributed by atoms with Gasteiger partial charge in [-0.2, -0.15) is 0 Å². The number of hydrogen-bond acceptors (Lipinski definition) is 6. The molecule has 3 saturated heterocycles. The summed E-state index contributed by atoms with van der Waals surface area (Å²) in [6, 6.07) is 9.59. The molecule has 3 aliphatic rings. The molecule has 1 aromatic rings. The van der Waals surface area contributed by atoms with Crippen LogP contribution in [0.2, 0.25) is 0 Å². The van der Waals surface area contributed by atoms with Gasteiger partial charge in [-0.15, -0.1) is 0 Å². The van der Waals surface area contributed by atoms with E-state index >= 15 is 0 Å². The van der Waals surface area contributed by atoms with Gasteiger partial charge in [0.05, 0.1) is 6.61 Å². The van der Waals surface area contributed by atoms with E-state index in [4.69, 9.17) is 23.7 Å². The van der Waals surface area contributed by atoms with E-state index in [2.05, 4.69) is 0 Å². The number of hydroxylamine groups is 1. The maximum atomic E-state index is 12.5. The predicted octanol–water partition coefficient (Wildman–Crippen LogP) is 2.21. The monoisotopic (exact) mass is 377 g/mol. The Kier molecular flexibility index (Phi) is 4.76. The van der Waals surface area contributed by atoms with Crippen LogP contribution in [-0.4, -0.2) is 59.7 Å². The number of benzene rings is 1.